The average molecular weight is 416 g/mol. The molecule has 0 spiro atoms. The molecule has 1 aromatic rings. The zero-order chi connectivity index (χ0) is 21.8. The first kappa shape index (κ1) is 22.0. The molecule has 0 saturated carbocycles. The van der Waals surface area contributed by atoms with E-state index in [4.69, 9.17) is 9.47 Å². The van der Waals surface area contributed by atoms with Crippen LogP contribution in [0.2, 0.25) is 0 Å². The molecule has 2 amide bonds. The Morgan fingerprint density at radius 2 is 1.70 bits per heavy atom. The lowest BCUT2D eigenvalue weighted by atomic mass is 9.85. The van der Waals surface area contributed by atoms with Gasteiger partial charge in [-0.25, -0.2) is 0 Å². The lowest BCUT2D eigenvalue weighted by Crippen LogP contribution is -2.33. The largest absolute Gasteiger partial charge is 0.457 e. The highest BCUT2D eigenvalue weighted by molar-refractivity contribution is 6.05. The molecule has 2 aliphatic rings. The Morgan fingerprint density at radius 1 is 1.07 bits per heavy atom. The van der Waals surface area contributed by atoms with E-state index in [0.29, 0.717) is 31.6 Å². The van der Waals surface area contributed by atoms with E-state index in [2.05, 4.69) is 0 Å². The number of carbonyl (C=O) groups is 4. The normalized spacial score (nSPS) is 20.6. The number of ketones is 1. The number of ether oxygens (including phenoxy) is 2. The van der Waals surface area contributed by atoms with Crippen molar-refractivity contribution in [3.63, 3.8) is 0 Å². The standard InChI is InChI=1S/C22H28N2O6/c1-14-12-18(15(2)23(14)10-11-29-3)19(25)13-30-20(26)8-9-24-21(27)16-6-4-5-7-17(16)22(24)28/h4-5,12,16-17H,6-11,13H2,1-3H3/t16-,17+. The predicted octanol–water partition coefficient (Wildman–Crippen LogP) is 1.82. The van der Waals surface area contributed by atoms with E-state index in [-0.39, 0.29) is 49.0 Å². The molecule has 162 valence electrons. The van der Waals surface area contributed by atoms with Gasteiger partial charge >= 0.3 is 5.97 Å². The van der Waals surface area contributed by atoms with Crippen LogP contribution in [0, 0.1) is 25.7 Å². The van der Waals surface area contributed by atoms with Gasteiger partial charge in [0.1, 0.15) is 0 Å². The Bertz CT molecular complexity index is 858. The van der Waals surface area contributed by atoms with Crippen molar-refractivity contribution in [2.45, 2.75) is 39.7 Å². The highest BCUT2D eigenvalue weighted by Crippen LogP contribution is 2.35. The molecule has 0 aromatic carbocycles. The van der Waals surface area contributed by atoms with Crippen LogP contribution in [0.5, 0.6) is 0 Å². The third-order valence-electron chi connectivity index (χ3n) is 5.90. The smallest absolute Gasteiger partial charge is 0.308 e. The van der Waals surface area contributed by atoms with Gasteiger partial charge in [0.25, 0.3) is 0 Å². The molecule has 0 N–H and O–H groups in total. The highest BCUT2D eigenvalue weighted by atomic mass is 16.5. The molecule has 0 unspecified atom stereocenters. The van der Waals surface area contributed by atoms with Crippen LogP contribution in [0.15, 0.2) is 18.2 Å². The molecule has 0 bridgehead atoms. The van der Waals surface area contributed by atoms with Gasteiger partial charge in [0.05, 0.1) is 24.9 Å². The summed E-state index contributed by atoms with van der Waals surface area (Å²) in [6.45, 7) is 4.54. The quantitative estimate of drug-likeness (QED) is 0.264. The van der Waals surface area contributed by atoms with Crippen LogP contribution in [0.4, 0.5) is 0 Å². The number of fused-ring (bicyclic) bond motifs is 1. The van der Waals surface area contributed by atoms with Crippen molar-refractivity contribution in [3.8, 4) is 0 Å². The molecule has 1 aliphatic carbocycles. The van der Waals surface area contributed by atoms with Crippen LogP contribution in [0.25, 0.3) is 0 Å². The number of Topliss-reactive ketones (excluding diaryl/α,β-unsaturated/α-hetero) is 1. The number of esters is 1. The summed E-state index contributed by atoms with van der Waals surface area (Å²) in [5.74, 6) is -1.96. The molecular formula is C22H28N2O6. The zero-order valence-electron chi connectivity index (χ0n) is 17.7. The second-order valence-electron chi connectivity index (χ2n) is 7.75. The number of likely N-dealkylation sites (tertiary alicyclic amines) is 1. The number of hydrogen-bond acceptors (Lipinski definition) is 6. The van der Waals surface area contributed by atoms with E-state index in [0.717, 1.165) is 16.3 Å². The minimum Gasteiger partial charge on any atom is -0.457 e. The minimum atomic E-state index is -0.606. The summed E-state index contributed by atoms with van der Waals surface area (Å²) < 4.78 is 12.2. The number of aryl methyl sites for hydroxylation is 1. The molecule has 8 heteroatoms. The van der Waals surface area contributed by atoms with Crippen molar-refractivity contribution in [2.24, 2.45) is 11.8 Å². The van der Waals surface area contributed by atoms with Gasteiger partial charge < -0.3 is 14.0 Å². The van der Waals surface area contributed by atoms with Gasteiger partial charge in [0.2, 0.25) is 17.6 Å². The van der Waals surface area contributed by atoms with E-state index in [1.54, 1.807) is 13.2 Å². The first-order valence-electron chi connectivity index (χ1n) is 10.2. The second-order valence-corrected chi connectivity index (χ2v) is 7.75. The molecule has 1 aromatic heterocycles. The summed E-state index contributed by atoms with van der Waals surface area (Å²) in [6.07, 6.45) is 4.84. The first-order valence-corrected chi connectivity index (χ1v) is 10.2. The molecular weight excluding hydrogens is 388 g/mol. The average Bonchev–Trinajstić information content (AvgIpc) is 3.16. The summed E-state index contributed by atoms with van der Waals surface area (Å²) in [6, 6.07) is 1.78. The van der Waals surface area contributed by atoms with Gasteiger partial charge in [-0.05, 0) is 32.8 Å². The van der Waals surface area contributed by atoms with Crippen LogP contribution < -0.4 is 0 Å². The minimum absolute atomic E-state index is 0.0107. The number of allylic oxidation sites excluding steroid dienone is 2. The third-order valence-corrected chi connectivity index (χ3v) is 5.90. The van der Waals surface area contributed by atoms with Crippen molar-refractivity contribution in [3.05, 3.63) is 35.2 Å². The topological polar surface area (TPSA) is 94.9 Å². The fourth-order valence-electron chi connectivity index (χ4n) is 4.20. The number of hydrogen-bond donors (Lipinski definition) is 0. The summed E-state index contributed by atoms with van der Waals surface area (Å²) >= 11 is 0. The van der Waals surface area contributed by atoms with Crippen LogP contribution >= 0.6 is 0 Å². The molecule has 1 fully saturated rings. The summed E-state index contributed by atoms with van der Waals surface area (Å²) in [7, 11) is 1.62. The van der Waals surface area contributed by atoms with E-state index < -0.39 is 5.97 Å². The monoisotopic (exact) mass is 416 g/mol. The van der Waals surface area contributed by atoms with Crippen molar-refractivity contribution >= 4 is 23.6 Å². The fraction of sp³-hybridized carbons (Fsp3) is 0.545. The van der Waals surface area contributed by atoms with Gasteiger partial charge in [0.15, 0.2) is 6.61 Å². The van der Waals surface area contributed by atoms with Crippen LogP contribution in [0.1, 0.15) is 41.0 Å². The zero-order valence-corrected chi connectivity index (χ0v) is 17.7. The van der Waals surface area contributed by atoms with E-state index in [1.807, 2.05) is 30.6 Å². The SMILES string of the molecule is COCCn1c(C)cc(C(=O)COC(=O)CCN2C(=O)[C@H]3CC=CC[C@H]3C2=O)c1C. The molecule has 3 rings (SSSR count). The number of amides is 2. The summed E-state index contributed by atoms with van der Waals surface area (Å²) in [5, 5.41) is 0. The maximum absolute atomic E-state index is 12.5. The van der Waals surface area contributed by atoms with E-state index in [9.17, 15) is 19.2 Å². The van der Waals surface area contributed by atoms with Crippen molar-refractivity contribution in [1.29, 1.82) is 0 Å². The van der Waals surface area contributed by atoms with Crippen LogP contribution in [-0.2, 0) is 30.4 Å². The Morgan fingerprint density at radius 3 is 2.30 bits per heavy atom. The molecule has 2 heterocycles. The maximum atomic E-state index is 12.5. The van der Waals surface area contributed by atoms with Crippen molar-refractivity contribution in [2.75, 3.05) is 26.9 Å². The first-order chi connectivity index (χ1) is 14.3. The third kappa shape index (κ3) is 4.38. The number of nitrogens with zero attached hydrogens (tertiary/aromatic N) is 2. The number of imide groups is 1. The fourth-order valence-corrected chi connectivity index (χ4v) is 4.20. The van der Waals surface area contributed by atoms with E-state index in [1.165, 1.54) is 0 Å². The predicted molar refractivity (Wildman–Crippen MR) is 108 cm³/mol. The Hall–Kier alpha value is -2.74. The van der Waals surface area contributed by atoms with Gasteiger partial charge in [0, 0.05) is 37.2 Å². The Balaban J connectivity index is 1.50. The summed E-state index contributed by atoms with van der Waals surface area (Å²) in [5.41, 5.74) is 2.24. The Labute approximate surface area is 175 Å². The maximum Gasteiger partial charge on any atom is 0.308 e. The molecule has 8 nitrogen and oxygen atoms in total. The van der Waals surface area contributed by atoms with Crippen LogP contribution in [-0.4, -0.2) is 59.9 Å². The molecule has 30 heavy (non-hydrogen) atoms. The van der Waals surface area contributed by atoms with E-state index >= 15 is 0 Å². The number of aromatic nitrogens is 1. The Kier molecular flexibility index (Phi) is 6.87. The molecule has 1 saturated heterocycles. The molecule has 0 radical (unpaired) electrons. The molecule has 1 aliphatic heterocycles. The van der Waals surface area contributed by atoms with Crippen molar-refractivity contribution in [1.82, 2.24) is 9.47 Å². The van der Waals surface area contributed by atoms with Crippen LogP contribution in [0.3, 0.4) is 0 Å². The number of methoxy groups -OCH3 is 1. The van der Waals surface area contributed by atoms with Gasteiger partial charge in [-0.15, -0.1) is 0 Å². The van der Waals surface area contributed by atoms with Crippen molar-refractivity contribution < 1.29 is 28.7 Å². The number of carbonyl (C=O) groups excluding carboxylic acids is 4. The van der Waals surface area contributed by atoms with Gasteiger partial charge in [-0.2, -0.15) is 0 Å². The lowest BCUT2D eigenvalue weighted by Gasteiger charge is -2.14. The van der Waals surface area contributed by atoms with Gasteiger partial charge in [-0.1, -0.05) is 12.2 Å². The van der Waals surface area contributed by atoms with Gasteiger partial charge in [-0.3, -0.25) is 24.1 Å². The molecule has 2 atom stereocenters. The second kappa shape index (κ2) is 9.38. The number of rotatable bonds is 9. The summed E-state index contributed by atoms with van der Waals surface area (Å²) in [4.78, 5) is 50.6. The lowest BCUT2D eigenvalue weighted by molar-refractivity contribution is -0.145. The highest BCUT2D eigenvalue weighted by Gasteiger charge is 2.46.